The SMILES string of the molecule is O=C1NC(=O)C(=Cc2cc3cncc(NCc4cccs4)c3o2)S1. The van der Waals surface area contributed by atoms with Crippen LogP contribution >= 0.6 is 23.1 Å². The van der Waals surface area contributed by atoms with Crippen molar-refractivity contribution in [3.05, 3.63) is 51.5 Å². The molecule has 0 atom stereocenters. The number of hydrogen-bond acceptors (Lipinski definition) is 7. The van der Waals surface area contributed by atoms with E-state index in [2.05, 4.69) is 21.7 Å². The number of amides is 2. The predicted molar refractivity (Wildman–Crippen MR) is 94.8 cm³/mol. The Bertz CT molecular complexity index is 960. The summed E-state index contributed by atoms with van der Waals surface area (Å²) in [5.41, 5.74) is 1.45. The van der Waals surface area contributed by atoms with Crippen molar-refractivity contribution in [2.45, 2.75) is 6.54 Å². The van der Waals surface area contributed by atoms with E-state index >= 15 is 0 Å². The maximum absolute atomic E-state index is 11.6. The maximum Gasteiger partial charge on any atom is 0.290 e. The average molecular weight is 357 g/mol. The molecule has 1 saturated heterocycles. The van der Waals surface area contributed by atoms with Gasteiger partial charge in [-0.05, 0) is 29.3 Å². The smallest absolute Gasteiger partial charge is 0.290 e. The third-order valence-electron chi connectivity index (χ3n) is 3.39. The Kier molecular flexibility index (Phi) is 3.83. The van der Waals surface area contributed by atoms with E-state index < -0.39 is 5.91 Å². The zero-order valence-corrected chi connectivity index (χ0v) is 13.9. The summed E-state index contributed by atoms with van der Waals surface area (Å²) >= 11 is 2.54. The van der Waals surface area contributed by atoms with Gasteiger partial charge in [0, 0.05) is 29.1 Å². The lowest BCUT2D eigenvalue weighted by Crippen LogP contribution is -2.17. The third kappa shape index (κ3) is 2.93. The number of nitrogens with one attached hydrogen (secondary N) is 2. The number of hydrogen-bond donors (Lipinski definition) is 2. The molecule has 1 fully saturated rings. The molecule has 3 aromatic heterocycles. The molecule has 4 heterocycles. The summed E-state index contributed by atoms with van der Waals surface area (Å²) in [4.78, 5) is 28.6. The molecule has 0 radical (unpaired) electrons. The molecule has 6 nitrogen and oxygen atoms in total. The van der Waals surface area contributed by atoms with E-state index in [0.29, 0.717) is 22.8 Å². The second-order valence-corrected chi connectivity index (χ2v) is 7.09. The van der Waals surface area contributed by atoms with Gasteiger partial charge >= 0.3 is 0 Å². The fourth-order valence-corrected chi connectivity index (χ4v) is 3.63. The Hall–Kier alpha value is -2.58. The van der Waals surface area contributed by atoms with E-state index in [9.17, 15) is 9.59 Å². The fraction of sp³-hybridized carbons (Fsp3) is 0.0625. The number of carbonyl (C=O) groups is 2. The van der Waals surface area contributed by atoms with Gasteiger partial charge in [0.1, 0.15) is 5.76 Å². The van der Waals surface area contributed by atoms with Crippen LogP contribution in [0.1, 0.15) is 10.6 Å². The number of pyridine rings is 1. The van der Waals surface area contributed by atoms with Gasteiger partial charge in [-0.1, -0.05) is 6.07 Å². The van der Waals surface area contributed by atoms with Gasteiger partial charge in [-0.2, -0.15) is 0 Å². The lowest BCUT2D eigenvalue weighted by Gasteiger charge is -2.04. The van der Waals surface area contributed by atoms with Crippen LogP contribution in [0.3, 0.4) is 0 Å². The summed E-state index contributed by atoms with van der Waals surface area (Å²) in [6.45, 7) is 0.683. The van der Waals surface area contributed by atoms with Crippen LogP contribution in [0, 0.1) is 0 Å². The van der Waals surface area contributed by atoms with Crippen molar-refractivity contribution in [2.24, 2.45) is 0 Å². The van der Waals surface area contributed by atoms with E-state index in [1.165, 1.54) is 4.88 Å². The number of thiophene rings is 1. The number of thioether (sulfide) groups is 1. The Morgan fingerprint density at radius 2 is 2.25 bits per heavy atom. The maximum atomic E-state index is 11.6. The molecule has 0 bridgehead atoms. The lowest BCUT2D eigenvalue weighted by atomic mass is 10.3. The highest BCUT2D eigenvalue weighted by Crippen LogP contribution is 2.30. The Labute approximate surface area is 144 Å². The van der Waals surface area contributed by atoms with Crippen LogP contribution < -0.4 is 10.6 Å². The molecule has 0 unspecified atom stereocenters. The van der Waals surface area contributed by atoms with Gasteiger partial charge in [0.05, 0.1) is 16.8 Å². The second-order valence-electron chi connectivity index (χ2n) is 5.04. The molecule has 4 rings (SSSR count). The Balaban J connectivity index is 1.63. The van der Waals surface area contributed by atoms with E-state index in [1.807, 2.05) is 11.4 Å². The topological polar surface area (TPSA) is 84.2 Å². The molecule has 8 heteroatoms. The van der Waals surface area contributed by atoms with Crippen molar-refractivity contribution >= 4 is 57.0 Å². The van der Waals surface area contributed by atoms with E-state index in [4.69, 9.17) is 4.42 Å². The molecule has 0 saturated carbocycles. The Morgan fingerprint density at radius 3 is 3.00 bits per heavy atom. The molecule has 120 valence electrons. The second kappa shape index (κ2) is 6.14. The molecule has 0 aliphatic carbocycles. The van der Waals surface area contributed by atoms with Gasteiger partial charge < -0.3 is 9.73 Å². The van der Waals surface area contributed by atoms with Gasteiger partial charge in [0.15, 0.2) is 5.58 Å². The zero-order chi connectivity index (χ0) is 16.5. The molecule has 24 heavy (non-hydrogen) atoms. The summed E-state index contributed by atoms with van der Waals surface area (Å²) in [5, 5.41) is 8.01. The molecule has 3 aromatic rings. The van der Waals surface area contributed by atoms with Crippen LogP contribution in [0.4, 0.5) is 10.5 Å². The first-order chi connectivity index (χ1) is 11.7. The number of rotatable bonds is 4. The van der Waals surface area contributed by atoms with Crippen LogP contribution in [0.15, 0.2) is 45.3 Å². The van der Waals surface area contributed by atoms with Gasteiger partial charge in [-0.25, -0.2) is 0 Å². The van der Waals surface area contributed by atoms with Crippen LogP contribution in [-0.4, -0.2) is 16.1 Å². The first-order valence-electron chi connectivity index (χ1n) is 7.08. The largest absolute Gasteiger partial charge is 0.454 e. The number of imide groups is 1. The molecule has 2 N–H and O–H groups in total. The first kappa shape index (κ1) is 15.0. The third-order valence-corrected chi connectivity index (χ3v) is 5.08. The van der Waals surface area contributed by atoms with Crippen LogP contribution in [0.5, 0.6) is 0 Å². The van der Waals surface area contributed by atoms with Gasteiger partial charge in [-0.15, -0.1) is 11.3 Å². The number of anilines is 1. The monoisotopic (exact) mass is 357 g/mol. The van der Waals surface area contributed by atoms with Crippen molar-refractivity contribution < 1.29 is 14.0 Å². The van der Waals surface area contributed by atoms with Crippen LogP contribution in [0.2, 0.25) is 0 Å². The molecule has 0 aromatic carbocycles. The first-order valence-corrected chi connectivity index (χ1v) is 8.77. The molecule has 2 amide bonds. The van der Waals surface area contributed by atoms with Crippen molar-refractivity contribution in [2.75, 3.05) is 5.32 Å². The summed E-state index contributed by atoms with van der Waals surface area (Å²) in [6, 6.07) is 5.85. The van der Waals surface area contributed by atoms with Crippen LogP contribution in [-0.2, 0) is 11.3 Å². The van der Waals surface area contributed by atoms with E-state index in [-0.39, 0.29) is 5.24 Å². The van der Waals surface area contributed by atoms with E-state index in [0.717, 1.165) is 22.8 Å². The highest BCUT2D eigenvalue weighted by atomic mass is 32.2. The van der Waals surface area contributed by atoms with Gasteiger partial charge in [0.2, 0.25) is 0 Å². The number of nitrogens with zero attached hydrogens (tertiary/aromatic N) is 1. The molecule has 0 spiro atoms. The minimum atomic E-state index is -0.403. The summed E-state index contributed by atoms with van der Waals surface area (Å²) in [7, 11) is 0. The number of aromatic nitrogens is 1. The zero-order valence-electron chi connectivity index (χ0n) is 12.2. The van der Waals surface area contributed by atoms with Crippen molar-refractivity contribution in [3.8, 4) is 0 Å². The highest BCUT2D eigenvalue weighted by molar-refractivity contribution is 8.18. The summed E-state index contributed by atoms with van der Waals surface area (Å²) in [6.07, 6.45) is 4.97. The predicted octanol–water partition coefficient (Wildman–Crippen LogP) is 3.83. The minimum Gasteiger partial charge on any atom is -0.454 e. The minimum absolute atomic E-state index is 0.320. The molecular formula is C16H11N3O3S2. The normalized spacial score (nSPS) is 16.1. The fourth-order valence-electron chi connectivity index (χ4n) is 2.32. The summed E-state index contributed by atoms with van der Waals surface area (Å²) < 4.78 is 5.83. The lowest BCUT2D eigenvalue weighted by molar-refractivity contribution is -0.115. The van der Waals surface area contributed by atoms with Crippen molar-refractivity contribution in [3.63, 3.8) is 0 Å². The number of fused-ring (bicyclic) bond motifs is 1. The molecule has 1 aliphatic rings. The number of furan rings is 1. The van der Waals surface area contributed by atoms with E-state index in [1.54, 1.807) is 35.9 Å². The highest BCUT2D eigenvalue weighted by Gasteiger charge is 2.25. The average Bonchev–Trinajstić information content (AvgIpc) is 3.26. The van der Waals surface area contributed by atoms with Gasteiger partial charge in [0.25, 0.3) is 11.1 Å². The van der Waals surface area contributed by atoms with Gasteiger partial charge in [-0.3, -0.25) is 19.9 Å². The standard InChI is InChI=1S/C16H11N3O3S2/c20-15-13(24-16(21)19-15)5-10-4-9-6-17-8-12(14(9)22-10)18-7-11-2-1-3-23-11/h1-6,8,18H,7H2,(H,19,20,21). The Morgan fingerprint density at radius 1 is 1.33 bits per heavy atom. The van der Waals surface area contributed by atoms with Crippen molar-refractivity contribution in [1.29, 1.82) is 0 Å². The van der Waals surface area contributed by atoms with Crippen LogP contribution in [0.25, 0.3) is 17.0 Å². The summed E-state index contributed by atoms with van der Waals surface area (Å²) in [5.74, 6) is 0.101. The quantitative estimate of drug-likeness (QED) is 0.691. The number of carbonyl (C=O) groups excluding carboxylic acids is 2. The molecule has 1 aliphatic heterocycles. The molecular weight excluding hydrogens is 346 g/mol. The van der Waals surface area contributed by atoms with Crippen molar-refractivity contribution in [1.82, 2.24) is 10.3 Å².